The zero-order valence-electron chi connectivity index (χ0n) is 13.1. The highest BCUT2D eigenvalue weighted by Crippen LogP contribution is 2.33. The quantitative estimate of drug-likeness (QED) is 0.389. The summed E-state index contributed by atoms with van der Waals surface area (Å²) in [6.45, 7) is 0. The van der Waals surface area contributed by atoms with Gasteiger partial charge in [-0.15, -0.1) is 0 Å². The molecule has 26 heavy (non-hydrogen) atoms. The monoisotopic (exact) mass is 421 g/mol. The molecule has 4 aromatic rings. The molecule has 0 bridgehead atoms. The first-order valence-electron chi connectivity index (χ1n) is 7.58. The molecule has 0 saturated heterocycles. The highest BCUT2D eigenvalue weighted by Gasteiger charge is 2.19. The Kier molecular flexibility index (Phi) is 4.71. The first kappa shape index (κ1) is 17.5. The van der Waals surface area contributed by atoms with Crippen molar-refractivity contribution in [3.05, 3.63) is 73.8 Å². The second-order valence-electron chi connectivity index (χ2n) is 5.58. The molecule has 0 aliphatic rings. The van der Waals surface area contributed by atoms with Crippen molar-refractivity contribution in [2.24, 2.45) is 0 Å². The molecule has 0 unspecified atom stereocenters. The van der Waals surface area contributed by atoms with Gasteiger partial charge in [-0.2, -0.15) is 9.61 Å². The van der Waals surface area contributed by atoms with E-state index in [4.69, 9.17) is 34.8 Å². The Morgan fingerprint density at radius 3 is 2.46 bits per heavy atom. The van der Waals surface area contributed by atoms with Gasteiger partial charge in [0, 0.05) is 22.0 Å². The SMILES string of the molecule is O=Cc1c(-c2ccc(Cl)cc2Cl)nc2sc(Cc3ccc(Cl)cc3)nn12. The molecular formula is C18H10Cl3N3OS. The van der Waals surface area contributed by atoms with E-state index >= 15 is 0 Å². The minimum absolute atomic E-state index is 0.364. The van der Waals surface area contributed by atoms with Crippen molar-refractivity contribution in [1.29, 1.82) is 0 Å². The van der Waals surface area contributed by atoms with Gasteiger partial charge < -0.3 is 0 Å². The van der Waals surface area contributed by atoms with E-state index in [1.165, 1.54) is 11.3 Å². The molecule has 0 aliphatic carbocycles. The van der Waals surface area contributed by atoms with Gasteiger partial charge in [-0.1, -0.05) is 58.3 Å². The Balaban J connectivity index is 1.75. The predicted octanol–water partition coefficient (Wildman–Crippen LogP) is 5.82. The van der Waals surface area contributed by atoms with E-state index in [2.05, 4.69) is 10.1 Å². The summed E-state index contributed by atoms with van der Waals surface area (Å²) in [7, 11) is 0. The van der Waals surface area contributed by atoms with E-state index < -0.39 is 0 Å². The Morgan fingerprint density at radius 2 is 1.77 bits per heavy atom. The lowest BCUT2D eigenvalue weighted by molar-refractivity contribution is 0.111. The number of imidazole rings is 1. The van der Waals surface area contributed by atoms with Crippen molar-refractivity contribution in [3.63, 3.8) is 0 Å². The zero-order chi connectivity index (χ0) is 18.3. The smallest absolute Gasteiger partial charge is 0.213 e. The van der Waals surface area contributed by atoms with Crippen LogP contribution in [0.5, 0.6) is 0 Å². The molecule has 4 nitrogen and oxygen atoms in total. The number of hydrogen-bond acceptors (Lipinski definition) is 4. The first-order chi connectivity index (χ1) is 12.5. The molecule has 0 amide bonds. The van der Waals surface area contributed by atoms with Crippen LogP contribution in [-0.2, 0) is 6.42 Å². The second kappa shape index (κ2) is 7.00. The van der Waals surface area contributed by atoms with Gasteiger partial charge in [0.2, 0.25) is 4.96 Å². The molecular weight excluding hydrogens is 413 g/mol. The summed E-state index contributed by atoms with van der Waals surface area (Å²) in [6.07, 6.45) is 1.38. The Bertz CT molecular complexity index is 1120. The summed E-state index contributed by atoms with van der Waals surface area (Å²) in [5.41, 5.74) is 2.59. The first-order valence-corrected chi connectivity index (χ1v) is 9.53. The standard InChI is InChI=1S/C18H10Cl3N3OS/c19-11-3-1-10(2-4-11)7-16-23-24-15(9-25)17(22-18(24)26-16)13-6-5-12(20)8-14(13)21/h1-6,8-9H,7H2. The molecule has 0 N–H and O–H groups in total. The molecule has 2 aromatic heterocycles. The van der Waals surface area contributed by atoms with Gasteiger partial charge >= 0.3 is 0 Å². The van der Waals surface area contributed by atoms with E-state index in [1.54, 1.807) is 22.7 Å². The van der Waals surface area contributed by atoms with Gasteiger partial charge in [-0.05, 0) is 35.9 Å². The number of rotatable bonds is 4. The fourth-order valence-corrected chi connectivity index (χ4v) is 4.20. The predicted molar refractivity (Wildman–Crippen MR) is 106 cm³/mol. The van der Waals surface area contributed by atoms with Crippen molar-refractivity contribution >= 4 is 57.4 Å². The van der Waals surface area contributed by atoms with Gasteiger partial charge in [0.25, 0.3) is 0 Å². The molecule has 2 heterocycles. The number of carbonyl (C=O) groups excluding carboxylic acids is 1. The average molecular weight is 423 g/mol. The Hall–Kier alpha value is -1.92. The molecule has 0 aliphatic heterocycles. The minimum atomic E-state index is 0.364. The van der Waals surface area contributed by atoms with Crippen LogP contribution in [0.4, 0.5) is 0 Å². The summed E-state index contributed by atoms with van der Waals surface area (Å²) in [5.74, 6) is 0. The number of carbonyl (C=O) groups is 1. The largest absolute Gasteiger partial charge is 0.296 e. The second-order valence-corrected chi connectivity index (χ2v) is 7.90. The van der Waals surface area contributed by atoms with E-state index in [-0.39, 0.29) is 0 Å². The van der Waals surface area contributed by atoms with Crippen LogP contribution in [0.3, 0.4) is 0 Å². The van der Waals surface area contributed by atoms with Gasteiger partial charge in [-0.3, -0.25) is 4.79 Å². The molecule has 2 aromatic carbocycles. The molecule has 0 radical (unpaired) electrons. The van der Waals surface area contributed by atoms with Crippen LogP contribution in [0.15, 0.2) is 42.5 Å². The van der Waals surface area contributed by atoms with Crippen LogP contribution in [0.1, 0.15) is 21.1 Å². The summed E-state index contributed by atoms with van der Waals surface area (Å²) in [6, 6.07) is 12.7. The fraction of sp³-hybridized carbons (Fsp3) is 0.0556. The Morgan fingerprint density at radius 1 is 1.04 bits per heavy atom. The van der Waals surface area contributed by atoms with Crippen LogP contribution in [0.25, 0.3) is 16.2 Å². The third-order valence-electron chi connectivity index (χ3n) is 3.85. The number of halogens is 3. The highest BCUT2D eigenvalue weighted by atomic mass is 35.5. The van der Waals surface area contributed by atoms with Crippen molar-refractivity contribution in [2.45, 2.75) is 6.42 Å². The van der Waals surface area contributed by atoms with Crippen LogP contribution >= 0.6 is 46.1 Å². The Labute approximate surface area is 168 Å². The van der Waals surface area contributed by atoms with Gasteiger partial charge in [-0.25, -0.2) is 4.98 Å². The van der Waals surface area contributed by atoms with Crippen LogP contribution < -0.4 is 0 Å². The molecule has 0 spiro atoms. The van der Waals surface area contributed by atoms with Gasteiger partial charge in [0.1, 0.15) is 16.4 Å². The lowest BCUT2D eigenvalue weighted by atomic mass is 10.1. The maximum Gasteiger partial charge on any atom is 0.213 e. The van der Waals surface area contributed by atoms with E-state index in [1.807, 2.05) is 24.3 Å². The topological polar surface area (TPSA) is 47.3 Å². The number of benzene rings is 2. The van der Waals surface area contributed by atoms with Crippen molar-refractivity contribution in [2.75, 3.05) is 0 Å². The van der Waals surface area contributed by atoms with Crippen LogP contribution in [0.2, 0.25) is 15.1 Å². The lowest BCUT2D eigenvalue weighted by Crippen LogP contribution is -1.96. The van der Waals surface area contributed by atoms with Crippen molar-refractivity contribution < 1.29 is 4.79 Å². The van der Waals surface area contributed by atoms with Gasteiger partial charge in [0.15, 0.2) is 6.29 Å². The molecule has 0 fully saturated rings. The minimum Gasteiger partial charge on any atom is -0.296 e. The van der Waals surface area contributed by atoms with E-state index in [0.29, 0.717) is 43.4 Å². The van der Waals surface area contributed by atoms with Gasteiger partial charge in [0.05, 0.1) is 5.02 Å². The summed E-state index contributed by atoms with van der Waals surface area (Å²) in [5, 5.41) is 7.04. The highest BCUT2D eigenvalue weighted by molar-refractivity contribution is 7.16. The van der Waals surface area contributed by atoms with Crippen molar-refractivity contribution in [1.82, 2.24) is 14.6 Å². The average Bonchev–Trinajstić information content (AvgIpc) is 3.13. The third kappa shape index (κ3) is 3.23. The molecule has 0 atom stereocenters. The molecule has 4 rings (SSSR count). The number of aldehydes is 1. The maximum absolute atomic E-state index is 11.7. The summed E-state index contributed by atoms with van der Waals surface area (Å²) >= 11 is 19.6. The maximum atomic E-state index is 11.7. The van der Waals surface area contributed by atoms with Crippen LogP contribution in [-0.4, -0.2) is 20.9 Å². The van der Waals surface area contributed by atoms with Crippen LogP contribution in [0, 0.1) is 0 Å². The molecule has 130 valence electrons. The lowest BCUT2D eigenvalue weighted by Gasteiger charge is -2.02. The van der Waals surface area contributed by atoms with Crippen molar-refractivity contribution in [3.8, 4) is 11.3 Å². The summed E-state index contributed by atoms with van der Waals surface area (Å²) in [4.78, 5) is 16.9. The number of aromatic nitrogens is 3. The number of fused-ring (bicyclic) bond motifs is 1. The van der Waals surface area contributed by atoms with E-state index in [9.17, 15) is 4.79 Å². The third-order valence-corrected chi connectivity index (χ3v) is 5.55. The zero-order valence-corrected chi connectivity index (χ0v) is 16.2. The molecule has 8 heteroatoms. The number of hydrogen-bond donors (Lipinski definition) is 0. The summed E-state index contributed by atoms with van der Waals surface area (Å²) < 4.78 is 1.56. The normalized spacial score (nSPS) is 11.2. The number of nitrogens with zero attached hydrogens (tertiary/aromatic N) is 3. The fourth-order valence-electron chi connectivity index (χ4n) is 2.64. The molecule has 0 saturated carbocycles. The van der Waals surface area contributed by atoms with E-state index in [0.717, 1.165) is 16.9 Å².